The number of methoxy groups -OCH3 is 3. The molecule has 7 heteroatoms. The van der Waals surface area contributed by atoms with Gasteiger partial charge in [-0.3, -0.25) is 4.79 Å². The van der Waals surface area contributed by atoms with Crippen LogP contribution >= 0.6 is 0 Å². The summed E-state index contributed by atoms with van der Waals surface area (Å²) in [6, 6.07) is 7.76. The third-order valence-corrected chi connectivity index (χ3v) is 5.49. The molecular weight excluding hydrogens is 380 g/mol. The maximum Gasteiger partial charge on any atom is 0.219 e. The van der Waals surface area contributed by atoms with E-state index in [9.17, 15) is 13.6 Å². The average molecular weight is 405 g/mol. The highest BCUT2D eigenvalue weighted by Gasteiger charge is 2.36. The first-order valence-electron chi connectivity index (χ1n) is 9.37. The van der Waals surface area contributed by atoms with E-state index in [1.165, 1.54) is 20.1 Å². The van der Waals surface area contributed by atoms with Gasteiger partial charge < -0.3 is 19.1 Å². The molecule has 0 bridgehead atoms. The number of rotatable bonds is 6. The highest BCUT2D eigenvalue weighted by molar-refractivity contribution is 5.73. The van der Waals surface area contributed by atoms with Crippen LogP contribution in [0.15, 0.2) is 30.3 Å². The third kappa shape index (κ3) is 4.28. The third-order valence-electron chi connectivity index (χ3n) is 5.49. The molecule has 1 aliphatic rings. The molecule has 1 saturated heterocycles. The van der Waals surface area contributed by atoms with Crippen molar-refractivity contribution in [1.29, 1.82) is 0 Å². The highest BCUT2D eigenvalue weighted by Crippen LogP contribution is 2.40. The number of carbonyl (C=O) groups is 1. The van der Waals surface area contributed by atoms with E-state index in [0.29, 0.717) is 36.6 Å². The smallest absolute Gasteiger partial charge is 0.219 e. The van der Waals surface area contributed by atoms with Crippen molar-refractivity contribution in [2.45, 2.75) is 19.3 Å². The summed E-state index contributed by atoms with van der Waals surface area (Å²) in [5, 5.41) is 0. The van der Waals surface area contributed by atoms with Crippen molar-refractivity contribution in [3.8, 4) is 17.2 Å². The first-order valence-corrected chi connectivity index (χ1v) is 9.37. The van der Waals surface area contributed by atoms with Crippen LogP contribution in [-0.2, 0) is 11.2 Å². The molecule has 0 radical (unpaired) electrons. The van der Waals surface area contributed by atoms with Crippen LogP contribution in [0, 0.1) is 17.6 Å². The van der Waals surface area contributed by atoms with Gasteiger partial charge in [0.15, 0.2) is 23.1 Å². The van der Waals surface area contributed by atoms with Gasteiger partial charge in [-0.2, -0.15) is 0 Å². The monoisotopic (exact) mass is 405 g/mol. The first-order chi connectivity index (χ1) is 13.9. The number of hydrogen-bond acceptors (Lipinski definition) is 4. The van der Waals surface area contributed by atoms with Crippen LogP contribution in [0.5, 0.6) is 17.2 Å². The van der Waals surface area contributed by atoms with Crippen LogP contribution in [0.1, 0.15) is 24.0 Å². The lowest BCUT2D eigenvalue weighted by molar-refractivity contribution is -0.127. The molecule has 0 spiro atoms. The van der Waals surface area contributed by atoms with E-state index in [4.69, 9.17) is 14.2 Å². The fourth-order valence-corrected chi connectivity index (χ4v) is 4.07. The van der Waals surface area contributed by atoms with Crippen molar-refractivity contribution in [2.75, 3.05) is 34.4 Å². The zero-order valence-electron chi connectivity index (χ0n) is 17.0. The van der Waals surface area contributed by atoms with E-state index >= 15 is 0 Å². The molecule has 0 aliphatic carbocycles. The number of hydrogen-bond donors (Lipinski definition) is 0. The summed E-state index contributed by atoms with van der Waals surface area (Å²) in [4.78, 5) is 13.8. The predicted molar refractivity (Wildman–Crippen MR) is 105 cm³/mol. The molecule has 0 aromatic heterocycles. The Morgan fingerprint density at radius 3 is 2.38 bits per heavy atom. The number of carbonyl (C=O) groups excluding carboxylic acids is 1. The molecule has 2 aromatic carbocycles. The summed E-state index contributed by atoms with van der Waals surface area (Å²) in [5.74, 6) is -0.215. The van der Waals surface area contributed by atoms with Gasteiger partial charge in [0, 0.05) is 37.6 Å². The topological polar surface area (TPSA) is 48.0 Å². The van der Waals surface area contributed by atoms with Crippen LogP contribution in [0.3, 0.4) is 0 Å². The molecule has 1 aliphatic heterocycles. The Labute approximate surface area is 169 Å². The van der Waals surface area contributed by atoms with Crippen molar-refractivity contribution in [2.24, 2.45) is 5.92 Å². The largest absolute Gasteiger partial charge is 0.493 e. The van der Waals surface area contributed by atoms with Crippen LogP contribution in [0.25, 0.3) is 0 Å². The molecule has 29 heavy (non-hydrogen) atoms. The van der Waals surface area contributed by atoms with Gasteiger partial charge in [-0.15, -0.1) is 0 Å². The van der Waals surface area contributed by atoms with Gasteiger partial charge in [-0.05, 0) is 36.1 Å². The number of nitrogens with zero attached hydrogens (tertiary/aromatic N) is 1. The molecule has 3 rings (SSSR count). The second-order valence-electron chi connectivity index (χ2n) is 7.19. The van der Waals surface area contributed by atoms with Gasteiger partial charge in [0.05, 0.1) is 21.3 Å². The molecular formula is C22H25F2NO4. The zero-order valence-corrected chi connectivity index (χ0v) is 17.0. The minimum Gasteiger partial charge on any atom is -0.493 e. The minimum absolute atomic E-state index is 0.0188. The standard InChI is InChI=1S/C22H25F2NO4/c1-13(26)25-11-16(7-15-8-17(23)10-19(24)22(15)29-4)18(12-25)14-5-6-20(27-2)21(9-14)28-3/h5-6,8-10,16,18H,7,11-12H2,1-4H3. The summed E-state index contributed by atoms with van der Waals surface area (Å²) in [6.45, 7) is 2.54. The van der Waals surface area contributed by atoms with Gasteiger partial charge in [0.1, 0.15) is 5.82 Å². The lowest BCUT2D eigenvalue weighted by Gasteiger charge is -2.21. The zero-order chi connectivity index (χ0) is 21.1. The Morgan fingerprint density at radius 2 is 1.76 bits per heavy atom. The Balaban J connectivity index is 1.97. The average Bonchev–Trinajstić information content (AvgIpc) is 3.11. The van der Waals surface area contributed by atoms with Crippen molar-refractivity contribution in [3.63, 3.8) is 0 Å². The summed E-state index contributed by atoms with van der Waals surface area (Å²) in [5.41, 5.74) is 1.43. The van der Waals surface area contributed by atoms with Gasteiger partial charge >= 0.3 is 0 Å². The molecule has 1 heterocycles. The van der Waals surface area contributed by atoms with Gasteiger partial charge in [-0.1, -0.05) is 6.07 Å². The molecule has 156 valence electrons. The van der Waals surface area contributed by atoms with Crippen molar-refractivity contribution < 1.29 is 27.8 Å². The quantitative estimate of drug-likeness (QED) is 0.734. The van der Waals surface area contributed by atoms with E-state index in [-0.39, 0.29) is 23.5 Å². The summed E-state index contributed by atoms with van der Waals surface area (Å²) < 4.78 is 43.8. The molecule has 2 aromatic rings. The fourth-order valence-electron chi connectivity index (χ4n) is 4.07. The Morgan fingerprint density at radius 1 is 1.03 bits per heavy atom. The number of ether oxygens (including phenoxy) is 3. The van der Waals surface area contributed by atoms with E-state index in [2.05, 4.69) is 0 Å². The predicted octanol–water partition coefficient (Wildman–Crippen LogP) is 3.80. The fraction of sp³-hybridized carbons (Fsp3) is 0.409. The van der Waals surface area contributed by atoms with Crippen LogP contribution in [0.4, 0.5) is 8.78 Å². The van der Waals surface area contributed by atoms with Gasteiger partial charge in [-0.25, -0.2) is 8.78 Å². The number of amides is 1. The van der Waals surface area contributed by atoms with Crippen LogP contribution in [-0.4, -0.2) is 45.2 Å². The molecule has 2 unspecified atom stereocenters. The van der Waals surface area contributed by atoms with Crippen molar-refractivity contribution in [1.82, 2.24) is 4.90 Å². The van der Waals surface area contributed by atoms with Gasteiger partial charge in [0.25, 0.3) is 0 Å². The van der Waals surface area contributed by atoms with Crippen LogP contribution < -0.4 is 14.2 Å². The number of halogens is 2. The summed E-state index contributed by atoms with van der Waals surface area (Å²) >= 11 is 0. The van der Waals surface area contributed by atoms with Crippen molar-refractivity contribution >= 4 is 5.91 Å². The molecule has 1 fully saturated rings. The lowest BCUT2D eigenvalue weighted by Crippen LogP contribution is -2.26. The molecule has 0 N–H and O–H groups in total. The van der Waals surface area contributed by atoms with Gasteiger partial charge in [0.2, 0.25) is 5.91 Å². The second kappa shape index (κ2) is 8.68. The Bertz CT molecular complexity index is 903. The summed E-state index contributed by atoms with van der Waals surface area (Å²) in [6.07, 6.45) is 0.376. The maximum absolute atomic E-state index is 14.1. The number of likely N-dealkylation sites (tertiary alicyclic amines) is 1. The maximum atomic E-state index is 14.1. The van der Waals surface area contributed by atoms with E-state index in [1.807, 2.05) is 18.2 Å². The first kappa shape index (κ1) is 20.9. The lowest BCUT2D eigenvalue weighted by atomic mass is 9.84. The second-order valence-corrected chi connectivity index (χ2v) is 7.19. The number of benzene rings is 2. The van der Waals surface area contributed by atoms with Crippen LogP contribution in [0.2, 0.25) is 0 Å². The molecule has 2 atom stereocenters. The Kier molecular flexibility index (Phi) is 6.25. The van der Waals surface area contributed by atoms with Crippen molar-refractivity contribution in [3.05, 3.63) is 53.1 Å². The summed E-state index contributed by atoms with van der Waals surface area (Å²) in [7, 11) is 4.50. The molecule has 1 amide bonds. The van der Waals surface area contributed by atoms with E-state index in [1.54, 1.807) is 19.1 Å². The highest BCUT2D eigenvalue weighted by atomic mass is 19.1. The Hall–Kier alpha value is -2.83. The van der Waals surface area contributed by atoms with E-state index in [0.717, 1.165) is 11.6 Å². The normalized spacial score (nSPS) is 18.6. The molecule has 0 saturated carbocycles. The van der Waals surface area contributed by atoms with E-state index < -0.39 is 11.6 Å². The minimum atomic E-state index is -0.730. The molecule has 5 nitrogen and oxygen atoms in total. The SMILES string of the molecule is COc1ccc(C2CN(C(C)=O)CC2Cc2cc(F)cc(F)c2OC)cc1OC.